The van der Waals surface area contributed by atoms with Crippen LogP contribution in [-0.4, -0.2) is 33.4 Å². The molecule has 0 spiro atoms. The number of rotatable bonds is 4. The second-order valence-corrected chi connectivity index (χ2v) is 4.80. The molecule has 2 N–H and O–H groups in total. The van der Waals surface area contributed by atoms with Gasteiger partial charge in [-0.3, -0.25) is 9.59 Å². The highest BCUT2D eigenvalue weighted by Crippen LogP contribution is 2.29. The van der Waals surface area contributed by atoms with Crippen LogP contribution in [0, 0.1) is 0 Å². The molecular formula is C14H13F3N4O3. The molecule has 0 saturated heterocycles. The van der Waals surface area contributed by atoms with Gasteiger partial charge in [-0.05, 0) is 12.5 Å². The van der Waals surface area contributed by atoms with Gasteiger partial charge in [0.2, 0.25) is 5.82 Å². The molecule has 0 aliphatic rings. The molecule has 2 amide bonds. The number of hydrogen-bond donors (Lipinski definition) is 1. The van der Waals surface area contributed by atoms with E-state index in [4.69, 9.17) is 5.73 Å². The lowest BCUT2D eigenvalue weighted by Gasteiger charge is -2.19. The minimum absolute atomic E-state index is 0.137. The number of hydrogen-bond acceptors (Lipinski definition) is 5. The Morgan fingerprint density at radius 3 is 2.33 bits per heavy atom. The number of nitrogens with two attached hydrogens (primary N) is 1. The van der Waals surface area contributed by atoms with E-state index in [1.165, 1.54) is 17.0 Å². The predicted octanol–water partition coefficient (Wildman–Crippen LogP) is 1.59. The SMILES string of the molecule is CCN(Cc1ccc(-c2noc(C(F)(F)F)n2)cc1)C(=O)C(N)=O. The van der Waals surface area contributed by atoms with Gasteiger partial charge in [-0.25, -0.2) is 0 Å². The third-order valence-corrected chi connectivity index (χ3v) is 3.13. The third kappa shape index (κ3) is 3.89. The summed E-state index contributed by atoms with van der Waals surface area (Å²) in [6, 6.07) is 6.14. The molecule has 2 rings (SSSR count). The zero-order chi connectivity index (χ0) is 17.9. The first-order valence-corrected chi connectivity index (χ1v) is 6.81. The number of aromatic nitrogens is 2. The van der Waals surface area contributed by atoms with E-state index in [1.807, 2.05) is 0 Å². The molecule has 1 aromatic carbocycles. The Morgan fingerprint density at radius 2 is 1.88 bits per heavy atom. The molecule has 2 aromatic rings. The van der Waals surface area contributed by atoms with Crippen molar-refractivity contribution in [1.82, 2.24) is 15.0 Å². The fourth-order valence-electron chi connectivity index (χ4n) is 1.92. The largest absolute Gasteiger partial charge is 0.471 e. The van der Waals surface area contributed by atoms with Gasteiger partial charge in [-0.1, -0.05) is 29.4 Å². The maximum absolute atomic E-state index is 12.4. The highest BCUT2D eigenvalue weighted by molar-refractivity contribution is 6.34. The summed E-state index contributed by atoms with van der Waals surface area (Å²) in [6.45, 7) is 2.11. The molecule has 0 fully saturated rings. The smallest absolute Gasteiger partial charge is 0.361 e. The van der Waals surface area contributed by atoms with E-state index >= 15 is 0 Å². The molecule has 7 nitrogen and oxygen atoms in total. The van der Waals surface area contributed by atoms with Crippen molar-refractivity contribution in [3.05, 3.63) is 35.7 Å². The van der Waals surface area contributed by atoms with Crippen LogP contribution in [0.2, 0.25) is 0 Å². The number of halogens is 3. The van der Waals surface area contributed by atoms with Crippen LogP contribution in [-0.2, 0) is 22.3 Å². The summed E-state index contributed by atoms with van der Waals surface area (Å²) in [5.74, 6) is -3.49. The van der Waals surface area contributed by atoms with Crippen LogP contribution >= 0.6 is 0 Å². The molecule has 10 heteroatoms. The van der Waals surface area contributed by atoms with E-state index in [9.17, 15) is 22.8 Å². The lowest BCUT2D eigenvalue weighted by Crippen LogP contribution is -2.39. The van der Waals surface area contributed by atoms with Crippen molar-refractivity contribution in [3.8, 4) is 11.4 Å². The van der Waals surface area contributed by atoms with Gasteiger partial charge in [-0.2, -0.15) is 18.2 Å². The van der Waals surface area contributed by atoms with Crippen molar-refractivity contribution in [2.24, 2.45) is 5.73 Å². The molecule has 0 saturated carbocycles. The number of carbonyl (C=O) groups is 2. The fraction of sp³-hybridized carbons (Fsp3) is 0.286. The second-order valence-electron chi connectivity index (χ2n) is 4.80. The van der Waals surface area contributed by atoms with Gasteiger partial charge in [0, 0.05) is 18.7 Å². The Labute approximate surface area is 134 Å². The normalized spacial score (nSPS) is 11.3. The van der Waals surface area contributed by atoms with E-state index in [0.29, 0.717) is 11.1 Å². The third-order valence-electron chi connectivity index (χ3n) is 3.13. The monoisotopic (exact) mass is 342 g/mol. The molecule has 0 radical (unpaired) electrons. The quantitative estimate of drug-likeness (QED) is 0.850. The number of primary amides is 1. The summed E-state index contributed by atoms with van der Waals surface area (Å²) in [5.41, 5.74) is 5.94. The van der Waals surface area contributed by atoms with Crippen LogP contribution in [0.15, 0.2) is 28.8 Å². The van der Waals surface area contributed by atoms with E-state index in [2.05, 4.69) is 14.7 Å². The lowest BCUT2D eigenvalue weighted by molar-refractivity contribution is -0.159. The average Bonchev–Trinajstić information content (AvgIpc) is 3.02. The average molecular weight is 342 g/mol. The second kappa shape index (κ2) is 6.69. The standard InChI is InChI=1S/C14H13F3N4O3/c1-2-21(12(23)10(18)22)7-8-3-5-9(6-4-8)11-19-13(24-20-11)14(15,16)17/h3-6H,2,7H2,1H3,(H2,18,22). The molecule has 0 unspecified atom stereocenters. The van der Waals surface area contributed by atoms with Crippen molar-refractivity contribution in [2.75, 3.05) is 6.54 Å². The summed E-state index contributed by atoms with van der Waals surface area (Å²) >= 11 is 0. The van der Waals surface area contributed by atoms with Gasteiger partial charge >= 0.3 is 23.9 Å². The van der Waals surface area contributed by atoms with Crippen molar-refractivity contribution < 1.29 is 27.3 Å². The van der Waals surface area contributed by atoms with Crippen LogP contribution in [0.5, 0.6) is 0 Å². The van der Waals surface area contributed by atoms with Crippen LogP contribution < -0.4 is 5.73 Å². The minimum atomic E-state index is -4.71. The molecule has 1 heterocycles. The molecule has 0 aliphatic heterocycles. The topological polar surface area (TPSA) is 102 Å². The first kappa shape index (κ1) is 17.4. The maximum Gasteiger partial charge on any atom is 0.471 e. The number of amides is 2. The molecule has 0 atom stereocenters. The zero-order valence-electron chi connectivity index (χ0n) is 12.5. The van der Waals surface area contributed by atoms with E-state index in [1.54, 1.807) is 19.1 Å². The Kier molecular flexibility index (Phi) is 4.86. The number of benzene rings is 1. The summed E-state index contributed by atoms with van der Waals surface area (Å²) in [6.07, 6.45) is -4.71. The summed E-state index contributed by atoms with van der Waals surface area (Å²) in [7, 11) is 0. The predicted molar refractivity (Wildman–Crippen MR) is 75.0 cm³/mol. The van der Waals surface area contributed by atoms with Gasteiger partial charge in [0.15, 0.2) is 0 Å². The highest BCUT2D eigenvalue weighted by atomic mass is 19.4. The lowest BCUT2D eigenvalue weighted by atomic mass is 10.1. The van der Waals surface area contributed by atoms with E-state index in [-0.39, 0.29) is 18.9 Å². The molecule has 128 valence electrons. The van der Waals surface area contributed by atoms with Gasteiger partial charge in [0.25, 0.3) is 0 Å². The number of likely N-dealkylation sites (N-methyl/N-ethyl adjacent to an activating group) is 1. The van der Waals surface area contributed by atoms with E-state index in [0.717, 1.165) is 0 Å². The van der Waals surface area contributed by atoms with Crippen molar-refractivity contribution >= 4 is 11.8 Å². The Morgan fingerprint density at radius 1 is 1.25 bits per heavy atom. The number of carbonyl (C=O) groups excluding carboxylic acids is 2. The van der Waals surface area contributed by atoms with Crippen molar-refractivity contribution in [1.29, 1.82) is 0 Å². The van der Waals surface area contributed by atoms with Crippen LogP contribution in [0.25, 0.3) is 11.4 Å². The first-order chi connectivity index (χ1) is 11.2. The van der Waals surface area contributed by atoms with Crippen molar-refractivity contribution in [3.63, 3.8) is 0 Å². The Balaban J connectivity index is 2.14. The van der Waals surface area contributed by atoms with Crippen LogP contribution in [0.3, 0.4) is 0 Å². The molecule has 24 heavy (non-hydrogen) atoms. The Hall–Kier alpha value is -2.91. The zero-order valence-corrected chi connectivity index (χ0v) is 12.5. The highest BCUT2D eigenvalue weighted by Gasteiger charge is 2.38. The first-order valence-electron chi connectivity index (χ1n) is 6.81. The maximum atomic E-state index is 12.4. The fourth-order valence-corrected chi connectivity index (χ4v) is 1.92. The summed E-state index contributed by atoms with van der Waals surface area (Å²) in [4.78, 5) is 27.0. The van der Waals surface area contributed by atoms with Gasteiger partial charge < -0.3 is 15.2 Å². The minimum Gasteiger partial charge on any atom is -0.361 e. The van der Waals surface area contributed by atoms with E-state index < -0.39 is 23.9 Å². The number of nitrogens with zero attached hydrogens (tertiary/aromatic N) is 3. The molecule has 1 aromatic heterocycles. The van der Waals surface area contributed by atoms with Crippen LogP contribution in [0.1, 0.15) is 18.4 Å². The summed E-state index contributed by atoms with van der Waals surface area (Å²) < 4.78 is 41.5. The molecule has 0 bridgehead atoms. The van der Waals surface area contributed by atoms with Crippen molar-refractivity contribution in [2.45, 2.75) is 19.6 Å². The van der Waals surface area contributed by atoms with Gasteiger partial charge in [-0.15, -0.1) is 0 Å². The van der Waals surface area contributed by atoms with Gasteiger partial charge in [0.1, 0.15) is 0 Å². The molecule has 0 aliphatic carbocycles. The number of alkyl halides is 3. The van der Waals surface area contributed by atoms with Gasteiger partial charge in [0.05, 0.1) is 0 Å². The summed E-state index contributed by atoms with van der Waals surface area (Å²) in [5, 5.41) is 3.28. The Bertz CT molecular complexity index is 740. The van der Waals surface area contributed by atoms with Crippen LogP contribution in [0.4, 0.5) is 13.2 Å². The molecular weight excluding hydrogens is 329 g/mol.